The molecule has 0 saturated carbocycles. The summed E-state index contributed by atoms with van der Waals surface area (Å²) in [4.78, 5) is 10.0. The summed E-state index contributed by atoms with van der Waals surface area (Å²) in [6, 6.07) is 40.1. The number of nitrogens with zero attached hydrogens (tertiary/aromatic N) is 2. The Balaban J connectivity index is 1.37. The van der Waals surface area contributed by atoms with Crippen molar-refractivity contribution in [3.8, 4) is 39.5 Å². The monoisotopic (exact) mass is 670 g/mol. The molecule has 7 rings (SSSR count). The summed E-state index contributed by atoms with van der Waals surface area (Å²) >= 11 is 0. The molecule has 1 aromatic heterocycles. The third kappa shape index (κ3) is 6.71. The van der Waals surface area contributed by atoms with Crippen LogP contribution in [0.3, 0.4) is 0 Å². The van der Waals surface area contributed by atoms with Crippen molar-refractivity contribution in [3.63, 3.8) is 0 Å². The van der Waals surface area contributed by atoms with E-state index >= 15 is 0 Å². The molecule has 0 fully saturated rings. The molecule has 0 aliphatic rings. The van der Waals surface area contributed by atoms with E-state index in [-0.39, 0.29) is 16.6 Å². The topological polar surface area (TPSA) is 58.6 Å². The zero-order valence-electron chi connectivity index (χ0n) is 30.9. The van der Waals surface area contributed by atoms with E-state index in [0.717, 1.165) is 33.4 Å². The molecule has 0 radical (unpaired) electrons. The van der Waals surface area contributed by atoms with Crippen LogP contribution in [-0.4, -0.2) is 16.3 Å². The van der Waals surface area contributed by atoms with Crippen LogP contribution in [0.2, 0.25) is 0 Å². The summed E-state index contributed by atoms with van der Waals surface area (Å²) in [6.07, 6.45) is 1.72. The van der Waals surface area contributed by atoms with E-state index in [1.807, 2.05) is 36.4 Å². The molecule has 51 heavy (non-hydrogen) atoms. The predicted octanol–water partition coefficient (Wildman–Crippen LogP) is 13.2. The first-order chi connectivity index (χ1) is 24.3. The molecule has 0 bridgehead atoms. The fraction of sp³-hybridized carbons (Fsp3) is 0.234. The molecular weight excluding hydrogens is 625 g/mol. The molecule has 6 aromatic carbocycles. The van der Waals surface area contributed by atoms with Crippen LogP contribution < -0.4 is 0 Å². The number of fused-ring (bicyclic) bond motifs is 2. The highest BCUT2D eigenvalue weighted by molar-refractivity contribution is 6.08. The first kappa shape index (κ1) is 34.0. The molecular formula is C47H46N2O2. The minimum atomic E-state index is -0.115. The number of benzene rings is 6. The van der Waals surface area contributed by atoms with Crippen molar-refractivity contribution < 1.29 is 9.52 Å². The van der Waals surface area contributed by atoms with E-state index in [4.69, 9.17) is 14.4 Å². The minimum Gasteiger partial charge on any atom is -0.507 e. The predicted molar refractivity (Wildman–Crippen MR) is 215 cm³/mol. The van der Waals surface area contributed by atoms with Crippen molar-refractivity contribution >= 4 is 33.8 Å². The van der Waals surface area contributed by atoms with Crippen molar-refractivity contribution in [2.75, 3.05) is 0 Å². The molecule has 0 aliphatic heterocycles. The standard InChI is InChI=1S/C47H46N2O2/c1-29(2)30-17-19-31(20-18-30)35-22-23-38(37-14-10-9-13-36(35)37)40-26-34(47(6,7)8)27-43-44(40)49-45(51-43)39-15-11-12-16-41(39)48-28-32-25-33(46(3,4)5)21-24-42(32)50/h9-29,50H,1-8H3. The van der Waals surface area contributed by atoms with E-state index in [1.165, 1.54) is 33.0 Å². The number of hydrogen-bond donors (Lipinski definition) is 1. The van der Waals surface area contributed by atoms with Gasteiger partial charge in [0.25, 0.3) is 0 Å². The molecule has 0 amide bonds. The third-order valence-corrected chi connectivity index (χ3v) is 9.83. The van der Waals surface area contributed by atoms with E-state index in [0.29, 0.717) is 23.1 Å². The van der Waals surface area contributed by atoms with Crippen LogP contribution in [0.15, 0.2) is 125 Å². The van der Waals surface area contributed by atoms with Gasteiger partial charge in [0.1, 0.15) is 11.3 Å². The van der Waals surface area contributed by atoms with E-state index in [1.54, 1.807) is 12.3 Å². The Morgan fingerprint density at radius 1 is 0.647 bits per heavy atom. The van der Waals surface area contributed by atoms with Gasteiger partial charge in [-0.1, -0.05) is 134 Å². The highest BCUT2D eigenvalue weighted by atomic mass is 16.3. The van der Waals surface area contributed by atoms with Gasteiger partial charge >= 0.3 is 0 Å². The summed E-state index contributed by atoms with van der Waals surface area (Å²) in [7, 11) is 0. The quantitative estimate of drug-likeness (QED) is 0.179. The number of aromatic hydroxyl groups is 1. The summed E-state index contributed by atoms with van der Waals surface area (Å²) in [5, 5.41) is 13.0. The van der Waals surface area contributed by atoms with E-state index < -0.39 is 0 Å². The number of phenolic OH excluding ortho intramolecular Hbond substituents is 1. The maximum Gasteiger partial charge on any atom is 0.229 e. The Morgan fingerprint density at radius 2 is 1.29 bits per heavy atom. The van der Waals surface area contributed by atoms with Crippen molar-refractivity contribution in [3.05, 3.63) is 138 Å². The molecule has 7 aromatic rings. The molecule has 1 heterocycles. The summed E-state index contributed by atoms with van der Waals surface area (Å²) in [6.45, 7) is 17.6. The van der Waals surface area contributed by atoms with Gasteiger partial charge in [0.15, 0.2) is 5.58 Å². The second-order valence-electron chi connectivity index (χ2n) is 15.9. The molecule has 0 aliphatic carbocycles. The maximum atomic E-state index is 10.7. The van der Waals surface area contributed by atoms with Crippen molar-refractivity contribution in [1.29, 1.82) is 0 Å². The average Bonchev–Trinajstić information content (AvgIpc) is 3.54. The lowest BCUT2D eigenvalue weighted by atomic mass is 9.84. The zero-order valence-corrected chi connectivity index (χ0v) is 30.9. The number of oxazole rings is 1. The highest BCUT2D eigenvalue weighted by Gasteiger charge is 2.23. The van der Waals surface area contributed by atoms with Gasteiger partial charge in [-0.05, 0) is 97.3 Å². The summed E-state index contributed by atoms with van der Waals surface area (Å²) in [5.41, 5.74) is 11.7. The lowest BCUT2D eigenvalue weighted by Crippen LogP contribution is -2.11. The Kier molecular flexibility index (Phi) is 8.67. The number of rotatable bonds is 6. The van der Waals surface area contributed by atoms with Gasteiger partial charge in [-0.2, -0.15) is 0 Å². The SMILES string of the molecule is CC(C)c1ccc(-c2ccc(-c3cc(C(C)(C)C)cc4oc(-c5ccccc5N=Cc5cc(C(C)(C)C)ccc5O)nc34)c3ccccc23)cc1. The van der Waals surface area contributed by atoms with Gasteiger partial charge in [-0.25, -0.2) is 4.98 Å². The molecule has 0 saturated heterocycles. The molecule has 256 valence electrons. The van der Waals surface area contributed by atoms with Gasteiger partial charge < -0.3 is 9.52 Å². The lowest BCUT2D eigenvalue weighted by Gasteiger charge is -2.20. The first-order valence-electron chi connectivity index (χ1n) is 17.8. The largest absolute Gasteiger partial charge is 0.507 e. The molecule has 4 heteroatoms. The summed E-state index contributed by atoms with van der Waals surface area (Å²) < 4.78 is 6.63. The summed E-state index contributed by atoms with van der Waals surface area (Å²) in [5.74, 6) is 1.18. The number of hydrogen-bond acceptors (Lipinski definition) is 4. The smallest absolute Gasteiger partial charge is 0.229 e. The third-order valence-electron chi connectivity index (χ3n) is 9.83. The van der Waals surface area contributed by atoms with Gasteiger partial charge in [-0.15, -0.1) is 0 Å². The van der Waals surface area contributed by atoms with Crippen molar-refractivity contribution in [1.82, 2.24) is 4.98 Å². The normalized spacial score (nSPS) is 12.5. The lowest BCUT2D eigenvalue weighted by molar-refractivity contribution is 0.473. The Morgan fingerprint density at radius 3 is 1.98 bits per heavy atom. The number of para-hydroxylation sites is 1. The van der Waals surface area contributed by atoms with Crippen molar-refractivity contribution in [2.45, 2.75) is 72.1 Å². The number of aromatic nitrogens is 1. The van der Waals surface area contributed by atoms with Gasteiger partial charge in [0.05, 0.1) is 11.3 Å². The molecule has 0 atom stereocenters. The Hall–Kier alpha value is -5.48. The zero-order chi connectivity index (χ0) is 36.1. The fourth-order valence-corrected chi connectivity index (χ4v) is 6.65. The Bertz CT molecular complexity index is 2420. The highest BCUT2D eigenvalue weighted by Crippen LogP contribution is 2.42. The molecule has 0 unspecified atom stereocenters. The van der Waals surface area contributed by atoms with E-state index in [2.05, 4.69) is 128 Å². The number of aliphatic imine (C=N–C) groups is 1. The van der Waals surface area contributed by atoms with Gasteiger partial charge in [0.2, 0.25) is 5.89 Å². The molecule has 1 N–H and O–H groups in total. The van der Waals surface area contributed by atoms with Crippen LogP contribution in [0.1, 0.15) is 83.6 Å². The van der Waals surface area contributed by atoms with Gasteiger partial charge in [0, 0.05) is 17.3 Å². The van der Waals surface area contributed by atoms with Crippen LogP contribution in [0, 0.1) is 0 Å². The maximum absolute atomic E-state index is 10.7. The van der Waals surface area contributed by atoms with Crippen LogP contribution in [0.5, 0.6) is 5.75 Å². The second kappa shape index (κ2) is 13.0. The van der Waals surface area contributed by atoms with Crippen LogP contribution in [0.25, 0.3) is 55.6 Å². The van der Waals surface area contributed by atoms with Crippen LogP contribution in [-0.2, 0) is 10.8 Å². The number of phenols is 1. The van der Waals surface area contributed by atoms with E-state index in [9.17, 15) is 5.11 Å². The average molecular weight is 671 g/mol. The van der Waals surface area contributed by atoms with Crippen LogP contribution in [0.4, 0.5) is 5.69 Å². The molecule has 0 spiro atoms. The minimum absolute atomic E-state index is 0.0548. The Labute approximate surface area is 301 Å². The van der Waals surface area contributed by atoms with Crippen molar-refractivity contribution in [2.24, 2.45) is 4.99 Å². The van der Waals surface area contributed by atoms with Gasteiger partial charge in [-0.3, -0.25) is 4.99 Å². The molecule has 4 nitrogen and oxygen atoms in total. The first-order valence-corrected chi connectivity index (χ1v) is 17.8. The van der Waals surface area contributed by atoms with Crippen LogP contribution >= 0.6 is 0 Å². The second-order valence-corrected chi connectivity index (χ2v) is 15.9. The fourth-order valence-electron chi connectivity index (χ4n) is 6.65.